The maximum atomic E-state index is 13.6. The van der Waals surface area contributed by atoms with Crippen molar-refractivity contribution >= 4 is 115 Å². The molecule has 11 rings (SSSR count). The average Bonchev–Trinajstić information content (AvgIpc) is 1.54. The Morgan fingerprint density at radius 3 is 1.43 bits per heavy atom. The number of carbonyl (C=O) groups is 10. The van der Waals surface area contributed by atoms with E-state index < -0.39 is 40.9 Å². The number of ether oxygens (including phenoxy) is 2. The van der Waals surface area contributed by atoms with Crippen LogP contribution in [0.2, 0.25) is 0 Å². The lowest BCUT2D eigenvalue weighted by atomic mass is 9.81. The highest BCUT2D eigenvalue weighted by molar-refractivity contribution is 6.14. The second-order valence-corrected chi connectivity index (χ2v) is 26.0. The van der Waals surface area contributed by atoms with E-state index in [1.807, 2.05) is 15.2 Å². The zero-order chi connectivity index (χ0) is 67.9. The van der Waals surface area contributed by atoms with Crippen LogP contribution in [0.25, 0.3) is 43.9 Å². The summed E-state index contributed by atoms with van der Waals surface area (Å²) in [4.78, 5) is 146. The topological polar surface area (TPSA) is 348 Å². The van der Waals surface area contributed by atoms with E-state index in [1.165, 1.54) is 48.3 Å². The van der Waals surface area contributed by atoms with Crippen LogP contribution in [0.3, 0.4) is 0 Å². The van der Waals surface area contributed by atoms with Crippen molar-refractivity contribution in [3.05, 3.63) is 83.5 Å². The van der Waals surface area contributed by atoms with Crippen LogP contribution in [0.4, 0.5) is 11.6 Å². The van der Waals surface area contributed by atoms with Crippen molar-refractivity contribution in [1.82, 2.24) is 43.9 Å². The molecule has 0 bridgehead atoms. The number of anilines is 2. The number of amides is 7. The van der Waals surface area contributed by atoms with Gasteiger partial charge in [-0.05, 0) is 140 Å². The normalized spacial score (nSPS) is 19.1. The quantitative estimate of drug-likeness (QED) is 0.0423. The molecule has 4 aromatic heterocycles. The van der Waals surface area contributed by atoms with Gasteiger partial charge in [0.25, 0.3) is 35.4 Å². The summed E-state index contributed by atoms with van der Waals surface area (Å²) >= 11 is 0. The number of aromatic nitrogens is 6. The van der Waals surface area contributed by atoms with Gasteiger partial charge in [-0.1, -0.05) is 26.7 Å². The van der Waals surface area contributed by atoms with Crippen molar-refractivity contribution < 1.29 is 72.5 Å². The molecule has 500 valence electrons. The van der Waals surface area contributed by atoms with E-state index in [2.05, 4.69) is 24.1 Å². The van der Waals surface area contributed by atoms with Gasteiger partial charge in [0.2, 0.25) is 5.91 Å². The molecule has 5 aliphatic rings. The molecule has 7 heterocycles. The first-order valence-electron chi connectivity index (χ1n) is 32.2. The van der Waals surface area contributed by atoms with Gasteiger partial charge in [-0.15, -0.1) is 5.06 Å². The Balaban J connectivity index is 0.000000176. The molecule has 0 radical (unpaired) electrons. The van der Waals surface area contributed by atoms with Gasteiger partial charge < -0.3 is 44.7 Å². The van der Waals surface area contributed by atoms with Crippen molar-refractivity contribution in [2.24, 2.45) is 23.7 Å². The number of aliphatic hydroxyl groups is 2. The minimum Gasteiger partial charge on any atom is -0.465 e. The second kappa shape index (κ2) is 29.3. The van der Waals surface area contributed by atoms with Crippen LogP contribution in [0.1, 0.15) is 164 Å². The smallest absolute Gasteiger partial charge is 0.337 e. The predicted octanol–water partition coefficient (Wildman–Crippen LogP) is 7.55. The van der Waals surface area contributed by atoms with Crippen LogP contribution in [0.15, 0.2) is 60.7 Å². The van der Waals surface area contributed by atoms with Crippen LogP contribution >= 0.6 is 0 Å². The number of hydroxylamine groups is 2. The Bertz CT molecular complexity index is 3970. The van der Waals surface area contributed by atoms with E-state index in [4.69, 9.17) is 35.0 Å². The molecule has 94 heavy (non-hydrogen) atoms. The number of unbranched alkanes of at least 4 members (excludes halogenated alkanes) is 2. The molecular formula is C68H83N11O15. The molecule has 2 saturated carbocycles. The Labute approximate surface area is 543 Å². The Morgan fingerprint density at radius 1 is 0.585 bits per heavy atom. The Morgan fingerprint density at radius 2 is 1.00 bits per heavy atom. The molecule has 5 N–H and O–H groups in total. The van der Waals surface area contributed by atoms with Crippen molar-refractivity contribution in [2.45, 2.75) is 169 Å². The number of imidazole rings is 2. The molecule has 0 spiro atoms. The largest absolute Gasteiger partial charge is 0.465 e. The summed E-state index contributed by atoms with van der Waals surface area (Å²) in [5.74, 6) is -1.82. The number of benzene rings is 2. The van der Waals surface area contributed by atoms with Gasteiger partial charge in [-0.25, -0.2) is 34.3 Å². The van der Waals surface area contributed by atoms with E-state index in [1.54, 1.807) is 58.0 Å². The molecule has 0 unspecified atom stereocenters. The minimum atomic E-state index is -1.03. The number of hydrogen-bond acceptors (Lipinski definition) is 20. The molecule has 0 atom stereocenters. The van der Waals surface area contributed by atoms with Crippen LogP contribution in [-0.2, 0) is 78.6 Å². The summed E-state index contributed by atoms with van der Waals surface area (Å²) < 4.78 is 13.7. The van der Waals surface area contributed by atoms with Gasteiger partial charge in [0.1, 0.15) is 22.7 Å². The molecule has 1 saturated heterocycles. The third-order valence-corrected chi connectivity index (χ3v) is 17.5. The lowest BCUT2D eigenvalue weighted by Gasteiger charge is -2.29. The van der Waals surface area contributed by atoms with Crippen LogP contribution in [0.5, 0.6) is 0 Å². The number of rotatable bonds is 20. The molecule has 3 fully saturated rings. The van der Waals surface area contributed by atoms with Crippen molar-refractivity contribution in [3.8, 4) is 0 Å². The van der Waals surface area contributed by atoms with Crippen molar-refractivity contribution in [3.63, 3.8) is 0 Å². The molecule has 26 nitrogen and oxygen atoms in total. The molecular weight excluding hydrogens is 1210 g/mol. The van der Waals surface area contributed by atoms with Crippen molar-refractivity contribution in [2.75, 3.05) is 38.4 Å². The summed E-state index contributed by atoms with van der Waals surface area (Å²) in [7, 11) is 2.66. The van der Waals surface area contributed by atoms with Crippen LogP contribution in [-0.4, -0.2) is 152 Å². The zero-order valence-electron chi connectivity index (χ0n) is 54.5. The summed E-state index contributed by atoms with van der Waals surface area (Å²) in [5, 5.41) is 26.4. The highest BCUT2D eigenvalue weighted by Gasteiger charge is 2.38. The number of pyridine rings is 2. The maximum absolute atomic E-state index is 13.6. The SMILES string of the molecule is CCCCc1nc2c(N)nc3cc(C(=O)OC)ccc3c2n1CC(C)(C)O.CCCCc1nc2c(NC(=O)C3CCC(CN4C(=O)C=CC4=O)CC3)nc3cc(C(=O)OC)ccc3c2n1CC(C)(C)O.O=C(ON1C(=O)CCC1=O)C1CCC(CN2C(=O)C=CC2=O)CC1. The third-order valence-electron chi connectivity index (χ3n) is 17.5. The standard InChI is InChI=1S/C32H39N5O6.C20H26N4O3.C16H18N2O6/c1-5-6-7-24-34-27-28(37(24)18-32(2,3)42)22-13-12-21(31(41)43-4)16-23(22)33-29(27)35-30(40)20-10-8-19(9-11-20)17-36-25(38)14-15-26(36)39;1-5-6-7-15-23-16-17(24(15)11-20(2,3)26)13-9-8-12(19(25)27-4)10-14(13)22-18(16)21;19-12-5-6-13(20)17(12)9-10-1-3-11(4-2-10)16(23)24-18-14(21)7-8-15(18)22/h12-16,19-20,42H,5-11,17-18H2,1-4H3,(H,33,35,40);8-10,26H,5-7,11H2,1-4H3,(H2,21,22);5-6,10-11H,1-4,7-9H2. The number of carbonyl (C=O) groups excluding carboxylic acids is 10. The van der Waals surface area contributed by atoms with E-state index in [9.17, 15) is 58.2 Å². The maximum Gasteiger partial charge on any atom is 0.337 e. The van der Waals surface area contributed by atoms with Gasteiger partial charge in [-0.2, -0.15) is 0 Å². The fourth-order valence-electron chi connectivity index (χ4n) is 12.6. The first-order chi connectivity index (χ1) is 44.7. The number of esters is 2. The predicted molar refractivity (Wildman–Crippen MR) is 345 cm³/mol. The Kier molecular flexibility index (Phi) is 21.5. The van der Waals surface area contributed by atoms with Crippen molar-refractivity contribution in [1.29, 1.82) is 0 Å². The number of hydrogen-bond donors (Lipinski definition) is 4. The lowest BCUT2D eigenvalue weighted by Crippen LogP contribution is -2.38. The fourth-order valence-corrected chi connectivity index (χ4v) is 12.6. The van der Waals surface area contributed by atoms with E-state index in [0.717, 1.165) is 78.4 Å². The summed E-state index contributed by atoms with van der Waals surface area (Å²) in [5.41, 5.74) is 8.84. The molecule has 3 aliphatic heterocycles. The number of nitrogens with one attached hydrogen (secondary N) is 1. The second-order valence-electron chi connectivity index (χ2n) is 26.0. The molecule has 2 aromatic carbocycles. The first kappa shape index (κ1) is 69.1. The number of aryl methyl sites for hydroxylation is 2. The zero-order valence-corrected chi connectivity index (χ0v) is 54.5. The third kappa shape index (κ3) is 16.0. The lowest BCUT2D eigenvalue weighted by molar-refractivity contribution is -0.201. The fraction of sp³-hybridized carbons (Fsp3) is 0.500. The summed E-state index contributed by atoms with van der Waals surface area (Å²) in [6.45, 7) is 12.7. The van der Waals surface area contributed by atoms with Gasteiger partial charge in [0.15, 0.2) is 11.6 Å². The summed E-state index contributed by atoms with van der Waals surface area (Å²) in [6, 6.07) is 10.3. The van der Waals surface area contributed by atoms with Crippen LogP contribution < -0.4 is 11.1 Å². The summed E-state index contributed by atoms with van der Waals surface area (Å²) in [6.07, 6.45) is 15.8. The Hall–Kier alpha value is -9.30. The molecule has 2 aliphatic carbocycles. The number of fused-ring (bicyclic) bond motifs is 6. The van der Waals surface area contributed by atoms with Gasteiger partial charge in [0.05, 0.1) is 77.6 Å². The number of nitrogen functional groups attached to an aromatic ring is 1. The minimum absolute atomic E-state index is 0.0742. The molecule has 26 heteroatoms. The van der Waals surface area contributed by atoms with E-state index >= 15 is 0 Å². The van der Waals surface area contributed by atoms with Crippen LogP contribution in [0, 0.1) is 23.7 Å². The highest BCUT2D eigenvalue weighted by atomic mass is 16.7. The first-order valence-corrected chi connectivity index (χ1v) is 32.2. The van der Waals surface area contributed by atoms with Gasteiger partial charge >= 0.3 is 17.9 Å². The highest BCUT2D eigenvalue weighted by Crippen LogP contribution is 2.37. The number of nitrogens with zero attached hydrogens (tertiary/aromatic N) is 9. The average molecular weight is 1290 g/mol. The number of imide groups is 3. The van der Waals surface area contributed by atoms with Gasteiger partial charge in [0, 0.05) is 79.8 Å². The van der Waals surface area contributed by atoms with Gasteiger partial charge in [-0.3, -0.25) is 43.4 Å². The number of nitrogens with two attached hydrogens (primary N) is 1. The molecule has 6 aromatic rings. The molecule has 7 amide bonds. The van der Waals surface area contributed by atoms with E-state index in [0.29, 0.717) is 114 Å². The van der Waals surface area contributed by atoms with E-state index in [-0.39, 0.29) is 72.6 Å². The monoisotopic (exact) mass is 1290 g/mol. The number of methoxy groups -OCH3 is 2.